The largest absolute Gasteiger partial charge is 0.315 e. The van der Waals surface area contributed by atoms with Crippen LogP contribution in [0.2, 0.25) is 0 Å². The van der Waals surface area contributed by atoms with Crippen LogP contribution in [-0.2, 0) is 4.79 Å². The van der Waals surface area contributed by atoms with Crippen LogP contribution in [0.4, 0.5) is 0 Å². The first-order valence-corrected chi connectivity index (χ1v) is 6.36. The van der Waals surface area contributed by atoms with E-state index >= 15 is 0 Å². The number of nitrogens with zero attached hydrogens (tertiary/aromatic N) is 2. The van der Waals surface area contributed by atoms with Crippen LogP contribution in [0.25, 0.3) is 5.65 Å². The number of fused-ring (bicyclic) bond motifs is 1. The highest BCUT2D eigenvalue weighted by Gasteiger charge is 2.28. The Morgan fingerprint density at radius 3 is 3.00 bits per heavy atom. The highest BCUT2D eigenvalue weighted by molar-refractivity contribution is 5.87. The fourth-order valence-corrected chi connectivity index (χ4v) is 2.80. The molecule has 18 heavy (non-hydrogen) atoms. The molecule has 0 aliphatic carbocycles. The topological polar surface area (TPSA) is 46.4 Å². The Kier molecular flexibility index (Phi) is 2.67. The van der Waals surface area contributed by atoms with Gasteiger partial charge in [-0.15, -0.1) is 0 Å². The quantitative estimate of drug-likeness (QED) is 0.827. The van der Waals surface area contributed by atoms with Crippen molar-refractivity contribution in [3.8, 4) is 0 Å². The predicted octanol–water partition coefficient (Wildman–Crippen LogP) is 1.60. The molecule has 0 saturated carbocycles. The SMILES string of the molecule is Cc1nc2cccc(C)n2c1C1CNCCC1=O. The molecule has 1 unspecified atom stereocenters. The summed E-state index contributed by atoms with van der Waals surface area (Å²) in [5, 5.41) is 3.30. The number of imidazole rings is 1. The minimum atomic E-state index is -0.0603. The number of pyridine rings is 1. The predicted molar refractivity (Wildman–Crippen MR) is 69.9 cm³/mol. The minimum absolute atomic E-state index is 0.0603. The number of hydrogen-bond acceptors (Lipinski definition) is 3. The van der Waals surface area contributed by atoms with Crippen molar-refractivity contribution in [2.24, 2.45) is 0 Å². The van der Waals surface area contributed by atoms with E-state index in [0.717, 1.165) is 35.8 Å². The van der Waals surface area contributed by atoms with E-state index in [1.165, 1.54) is 0 Å². The Bertz CT molecular complexity index is 615. The highest BCUT2D eigenvalue weighted by atomic mass is 16.1. The fraction of sp³-hybridized carbons (Fsp3) is 0.429. The molecule has 4 nitrogen and oxygen atoms in total. The third kappa shape index (κ3) is 1.64. The monoisotopic (exact) mass is 243 g/mol. The molecule has 0 aromatic carbocycles. The smallest absolute Gasteiger partial charge is 0.144 e. The van der Waals surface area contributed by atoms with Crippen LogP contribution in [0.1, 0.15) is 29.4 Å². The van der Waals surface area contributed by atoms with Crippen LogP contribution in [-0.4, -0.2) is 28.3 Å². The van der Waals surface area contributed by atoms with Gasteiger partial charge >= 0.3 is 0 Å². The van der Waals surface area contributed by atoms with Gasteiger partial charge in [-0.3, -0.25) is 4.79 Å². The number of ketones is 1. The van der Waals surface area contributed by atoms with Crippen LogP contribution >= 0.6 is 0 Å². The molecule has 0 spiro atoms. The van der Waals surface area contributed by atoms with Crippen LogP contribution in [0.3, 0.4) is 0 Å². The molecule has 1 aliphatic rings. The van der Waals surface area contributed by atoms with Crippen molar-refractivity contribution < 1.29 is 4.79 Å². The first-order chi connectivity index (χ1) is 8.68. The fourth-order valence-electron chi connectivity index (χ4n) is 2.80. The van der Waals surface area contributed by atoms with Crippen molar-refractivity contribution in [3.63, 3.8) is 0 Å². The zero-order valence-corrected chi connectivity index (χ0v) is 10.7. The lowest BCUT2D eigenvalue weighted by Crippen LogP contribution is -2.36. The molecule has 3 rings (SSSR count). The number of hydrogen-bond donors (Lipinski definition) is 1. The maximum atomic E-state index is 12.1. The molecule has 2 aromatic heterocycles. The van der Waals surface area contributed by atoms with Crippen molar-refractivity contribution >= 4 is 11.4 Å². The lowest BCUT2D eigenvalue weighted by atomic mass is 9.93. The minimum Gasteiger partial charge on any atom is -0.315 e. The molecule has 2 aromatic rings. The second-order valence-corrected chi connectivity index (χ2v) is 4.92. The van der Waals surface area contributed by atoms with Crippen LogP contribution in [0, 0.1) is 13.8 Å². The van der Waals surface area contributed by atoms with Gasteiger partial charge in [0, 0.05) is 25.2 Å². The molecule has 4 heteroatoms. The first kappa shape index (κ1) is 11.4. The molecule has 3 heterocycles. The second kappa shape index (κ2) is 4.21. The molecule has 1 saturated heterocycles. The summed E-state index contributed by atoms with van der Waals surface area (Å²) < 4.78 is 2.12. The van der Waals surface area contributed by atoms with E-state index in [0.29, 0.717) is 12.2 Å². The molecule has 0 amide bonds. The van der Waals surface area contributed by atoms with E-state index in [2.05, 4.69) is 27.7 Å². The summed E-state index contributed by atoms with van der Waals surface area (Å²) in [6.07, 6.45) is 0.614. The highest BCUT2D eigenvalue weighted by Crippen LogP contribution is 2.25. The van der Waals surface area contributed by atoms with E-state index in [1.54, 1.807) is 0 Å². The normalized spacial score (nSPS) is 20.6. The average molecular weight is 243 g/mol. The zero-order chi connectivity index (χ0) is 12.7. The maximum Gasteiger partial charge on any atom is 0.144 e. The summed E-state index contributed by atoms with van der Waals surface area (Å²) in [7, 11) is 0. The van der Waals surface area contributed by atoms with Crippen LogP contribution in [0.15, 0.2) is 18.2 Å². The van der Waals surface area contributed by atoms with Gasteiger partial charge in [0.05, 0.1) is 17.3 Å². The molecular formula is C14H17N3O. The lowest BCUT2D eigenvalue weighted by Gasteiger charge is -2.22. The Hall–Kier alpha value is -1.68. The number of rotatable bonds is 1. The van der Waals surface area contributed by atoms with E-state index in [-0.39, 0.29) is 5.92 Å². The molecule has 1 atom stereocenters. The van der Waals surface area contributed by atoms with E-state index in [9.17, 15) is 4.79 Å². The Labute approximate surface area is 106 Å². The average Bonchev–Trinajstić information content (AvgIpc) is 2.68. The molecule has 94 valence electrons. The van der Waals surface area contributed by atoms with Crippen molar-refractivity contribution in [3.05, 3.63) is 35.3 Å². The Morgan fingerprint density at radius 2 is 2.22 bits per heavy atom. The summed E-state index contributed by atoms with van der Waals surface area (Å²) in [5.74, 6) is 0.261. The second-order valence-electron chi connectivity index (χ2n) is 4.92. The lowest BCUT2D eigenvalue weighted by molar-refractivity contribution is -0.121. The molecule has 1 N–H and O–H groups in total. The van der Waals surface area contributed by atoms with Gasteiger partial charge in [-0.2, -0.15) is 0 Å². The third-order valence-corrected chi connectivity index (χ3v) is 3.67. The van der Waals surface area contributed by atoms with Crippen LogP contribution in [0.5, 0.6) is 0 Å². The van der Waals surface area contributed by atoms with Gasteiger partial charge in [-0.1, -0.05) is 6.07 Å². The van der Waals surface area contributed by atoms with E-state index < -0.39 is 0 Å². The molecular weight excluding hydrogens is 226 g/mol. The number of nitrogens with one attached hydrogen (secondary N) is 1. The summed E-state index contributed by atoms with van der Waals surface area (Å²) in [4.78, 5) is 16.7. The number of carbonyl (C=O) groups is 1. The Balaban J connectivity index is 2.21. The molecule has 0 bridgehead atoms. The van der Waals surface area contributed by atoms with Gasteiger partial charge in [-0.05, 0) is 26.0 Å². The van der Waals surface area contributed by atoms with Gasteiger partial charge in [0.2, 0.25) is 0 Å². The van der Waals surface area contributed by atoms with E-state index in [4.69, 9.17) is 0 Å². The number of piperidine rings is 1. The summed E-state index contributed by atoms with van der Waals surface area (Å²) in [5.41, 5.74) is 4.08. The van der Waals surface area contributed by atoms with Crippen molar-refractivity contribution in [2.45, 2.75) is 26.2 Å². The number of Topliss-reactive ketones (excluding diaryl/α,β-unsaturated/α-hetero) is 1. The van der Waals surface area contributed by atoms with E-state index in [1.807, 2.05) is 19.1 Å². The van der Waals surface area contributed by atoms with Gasteiger partial charge in [0.25, 0.3) is 0 Å². The van der Waals surface area contributed by atoms with Gasteiger partial charge in [-0.25, -0.2) is 4.98 Å². The number of aryl methyl sites for hydroxylation is 2. The summed E-state index contributed by atoms with van der Waals surface area (Å²) >= 11 is 0. The standard InChI is InChI=1S/C14H17N3O/c1-9-4-3-5-13-16-10(2)14(17(9)13)11-8-15-7-6-12(11)18/h3-5,11,15H,6-8H2,1-2H3. The molecule has 1 fully saturated rings. The van der Waals surface area contributed by atoms with Gasteiger partial charge in [0.1, 0.15) is 11.4 Å². The van der Waals surface area contributed by atoms with Crippen molar-refractivity contribution in [2.75, 3.05) is 13.1 Å². The van der Waals surface area contributed by atoms with Gasteiger partial charge in [0.15, 0.2) is 0 Å². The summed E-state index contributed by atoms with van der Waals surface area (Å²) in [6, 6.07) is 6.05. The molecule has 0 radical (unpaired) electrons. The first-order valence-electron chi connectivity index (χ1n) is 6.36. The van der Waals surface area contributed by atoms with Gasteiger partial charge < -0.3 is 9.72 Å². The zero-order valence-electron chi connectivity index (χ0n) is 10.7. The number of aromatic nitrogens is 2. The third-order valence-electron chi connectivity index (χ3n) is 3.67. The van der Waals surface area contributed by atoms with Crippen molar-refractivity contribution in [1.82, 2.24) is 14.7 Å². The van der Waals surface area contributed by atoms with Crippen molar-refractivity contribution in [1.29, 1.82) is 0 Å². The van der Waals surface area contributed by atoms with Crippen LogP contribution < -0.4 is 5.32 Å². The number of carbonyl (C=O) groups excluding carboxylic acids is 1. The maximum absolute atomic E-state index is 12.1. The molecule has 1 aliphatic heterocycles. The Morgan fingerprint density at radius 1 is 1.39 bits per heavy atom. The summed E-state index contributed by atoms with van der Waals surface area (Å²) in [6.45, 7) is 5.56.